The molecule has 0 saturated carbocycles. The van der Waals surface area contributed by atoms with Crippen LogP contribution >= 0.6 is 11.8 Å². The van der Waals surface area contributed by atoms with Gasteiger partial charge < -0.3 is 4.90 Å². The largest absolute Gasteiger partial charge is 0.306 e. The van der Waals surface area contributed by atoms with E-state index >= 15 is 0 Å². The number of hydrogen-bond acceptors (Lipinski definition) is 5. The van der Waals surface area contributed by atoms with Crippen LogP contribution in [0.25, 0.3) is 0 Å². The van der Waals surface area contributed by atoms with Gasteiger partial charge in [0.25, 0.3) is 10.1 Å². The van der Waals surface area contributed by atoms with Gasteiger partial charge in [-0.1, -0.05) is 11.8 Å². The van der Waals surface area contributed by atoms with Gasteiger partial charge in [0, 0.05) is 6.20 Å². The number of alkyl halides is 1. The molecule has 84 valence electrons. The van der Waals surface area contributed by atoms with E-state index in [-0.39, 0.29) is 11.3 Å². The number of rotatable bonds is 3. The SMILES string of the molecule is O=C1C[C@H]2SC(OS(=O)(=O)CF)C=CN12. The summed E-state index contributed by atoms with van der Waals surface area (Å²) < 4.78 is 38.1. The van der Waals surface area contributed by atoms with Crippen LogP contribution in [0, 0.1) is 0 Å². The maximum absolute atomic E-state index is 12.0. The first-order valence-corrected chi connectivity index (χ1v) is 6.66. The topological polar surface area (TPSA) is 63.7 Å². The second kappa shape index (κ2) is 3.76. The van der Waals surface area contributed by atoms with Crippen LogP contribution < -0.4 is 0 Å². The summed E-state index contributed by atoms with van der Waals surface area (Å²) in [6.45, 7) is 0. The van der Waals surface area contributed by atoms with E-state index in [0.29, 0.717) is 6.42 Å². The number of amides is 1. The molecule has 2 rings (SSSR count). The number of thioether (sulfide) groups is 1. The molecule has 0 radical (unpaired) electrons. The average molecular weight is 253 g/mol. The van der Waals surface area contributed by atoms with Gasteiger partial charge in [0.2, 0.25) is 11.9 Å². The van der Waals surface area contributed by atoms with Gasteiger partial charge in [-0.3, -0.25) is 4.79 Å². The Morgan fingerprint density at radius 3 is 2.93 bits per heavy atom. The number of halogens is 1. The summed E-state index contributed by atoms with van der Waals surface area (Å²) in [6.07, 6.45) is 3.27. The molecule has 0 aromatic carbocycles. The van der Waals surface area contributed by atoms with Gasteiger partial charge in [-0.05, 0) is 6.08 Å². The fourth-order valence-corrected chi connectivity index (χ4v) is 3.26. The standard InChI is InChI=1S/C7H8FNO4S2/c8-4-15(11,12)13-7-1-2-9-5(10)3-6(9)14-7/h1-2,6-7H,3-4H2/t6-,7?/m1/s1. The lowest BCUT2D eigenvalue weighted by molar-refractivity contribution is -0.137. The Morgan fingerprint density at radius 1 is 1.67 bits per heavy atom. The minimum Gasteiger partial charge on any atom is -0.306 e. The van der Waals surface area contributed by atoms with Crippen molar-refractivity contribution in [2.24, 2.45) is 0 Å². The van der Waals surface area contributed by atoms with Gasteiger partial charge >= 0.3 is 0 Å². The smallest absolute Gasteiger partial charge is 0.298 e. The Hall–Kier alpha value is -0.600. The van der Waals surface area contributed by atoms with Gasteiger partial charge in [-0.2, -0.15) is 8.42 Å². The van der Waals surface area contributed by atoms with E-state index in [0.717, 1.165) is 0 Å². The lowest BCUT2D eigenvalue weighted by atomic mass is 10.2. The van der Waals surface area contributed by atoms with Crippen molar-refractivity contribution in [2.75, 3.05) is 6.01 Å². The Morgan fingerprint density at radius 2 is 2.40 bits per heavy atom. The quantitative estimate of drug-likeness (QED) is 0.538. The summed E-state index contributed by atoms with van der Waals surface area (Å²) in [7, 11) is -4.09. The van der Waals surface area contributed by atoms with Crippen LogP contribution in [0.4, 0.5) is 4.39 Å². The predicted molar refractivity (Wildman–Crippen MR) is 51.7 cm³/mol. The molecule has 1 amide bonds. The summed E-state index contributed by atoms with van der Waals surface area (Å²) in [6, 6.07) is -1.54. The number of fused-ring (bicyclic) bond motifs is 1. The van der Waals surface area contributed by atoms with E-state index < -0.39 is 21.6 Å². The first-order valence-electron chi connectivity index (χ1n) is 4.14. The van der Waals surface area contributed by atoms with Crippen LogP contribution in [-0.2, 0) is 19.1 Å². The van der Waals surface area contributed by atoms with Crippen molar-refractivity contribution in [3.8, 4) is 0 Å². The maximum atomic E-state index is 12.0. The van der Waals surface area contributed by atoms with Gasteiger partial charge in [0.05, 0.1) is 11.8 Å². The lowest BCUT2D eigenvalue weighted by Crippen LogP contribution is -2.49. The predicted octanol–water partition coefficient (Wildman–Crippen LogP) is 0.405. The van der Waals surface area contributed by atoms with Crippen molar-refractivity contribution in [3.05, 3.63) is 12.3 Å². The molecule has 1 saturated heterocycles. The van der Waals surface area contributed by atoms with Crippen molar-refractivity contribution in [2.45, 2.75) is 17.2 Å². The highest BCUT2D eigenvalue weighted by Gasteiger charge is 2.40. The van der Waals surface area contributed by atoms with Crippen LogP contribution in [0.1, 0.15) is 6.42 Å². The molecule has 2 heterocycles. The zero-order chi connectivity index (χ0) is 11.1. The molecule has 1 fully saturated rings. The summed E-state index contributed by atoms with van der Waals surface area (Å²) in [5.74, 6) is -0.00412. The highest BCUT2D eigenvalue weighted by Crippen LogP contribution is 2.37. The van der Waals surface area contributed by atoms with Crippen LogP contribution in [0.5, 0.6) is 0 Å². The number of carbonyl (C=O) groups excluding carboxylic acids is 1. The first kappa shape index (κ1) is 10.9. The number of nitrogens with zero attached hydrogens (tertiary/aromatic N) is 1. The van der Waals surface area contributed by atoms with Crippen molar-refractivity contribution < 1.29 is 21.8 Å². The van der Waals surface area contributed by atoms with Crippen molar-refractivity contribution in [3.63, 3.8) is 0 Å². The molecule has 0 aliphatic carbocycles. The fourth-order valence-electron chi connectivity index (χ4n) is 1.28. The minimum absolute atomic E-state index is 0.00412. The third-order valence-electron chi connectivity index (χ3n) is 2.02. The van der Waals surface area contributed by atoms with Crippen molar-refractivity contribution in [1.29, 1.82) is 0 Å². The third-order valence-corrected chi connectivity index (χ3v) is 4.14. The molecule has 1 unspecified atom stereocenters. The van der Waals surface area contributed by atoms with Crippen LogP contribution in [0.15, 0.2) is 12.3 Å². The minimum atomic E-state index is -4.09. The number of carbonyl (C=O) groups is 1. The van der Waals surface area contributed by atoms with Crippen molar-refractivity contribution >= 4 is 27.8 Å². The molecule has 2 aliphatic heterocycles. The third kappa shape index (κ3) is 2.16. The zero-order valence-electron chi connectivity index (χ0n) is 7.50. The molecular weight excluding hydrogens is 245 g/mol. The monoisotopic (exact) mass is 253 g/mol. The van der Waals surface area contributed by atoms with Gasteiger partial charge in [-0.25, -0.2) is 8.57 Å². The lowest BCUT2D eigenvalue weighted by Gasteiger charge is -2.41. The van der Waals surface area contributed by atoms with Crippen molar-refractivity contribution in [1.82, 2.24) is 4.90 Å². The Labute approximate surface area is 90.4 Å². The first-order chi connectivity index (χ1) is 7.02. The molecule has 0 spiro atoms. The highest BCUT2D eigenvalue weighted by atomic mass is 32.2. The van der Waals surface area contributed by atoms with Gasteiger partial charge in [0.15, 0.2) is 0 Å². The van der Waals surface area contributed by atoms with Crippen LogP contribution in [-0.4, -0.2) is 36.0 Å². The molecule has 15 heavy (non-hydrogen) atoms. The Kier molecular flexibility index (Phi) is 2.73. The van der Waals surface area contributed by atoms with E-state index in [1.165, 1.54) is 28.9 Å². The summed E-state index contributed by atoms with van der Waals surface area (Å²) >= 11 is 1.18. The van der Waals surface area contributed by atoms with E-state index in [2.05, 4.69) is 4.18 Å². The summed E-state index contributed by atoms with van der Waals surface area (Å²) in [5.41, 5.74) is -0.736. The molecule has 2 atom stereocenters. The fraction of sp³-hybridized carbons (Fsp3) is 0.571. The average Bonchev–Trinajstić information content (AvgIpc) is 2.16. The molecule has 5 nitrogen and oxygen atoms in total. The summed E-state index contributed by atoms with van der Waals surface area (Å²) in [5, 5.41) is -0.0812. The number of β-lactam (4-membered cyclic amide) rings is 1. The van der Waals surface area contributed by atoms with Gasteiger partial charge in [0.1, 0.15) is 5.44 Å². The molecule has 2 aliphatic rings. The normalized spacial score (nSPS) is 29.9. The van der Waals surface area contributed by atoms with E-state index in [4.69, 9.17) is 0 Å². The summed E-state index contributed by atoms with van der Waals surface area (Å²) in [4.78, 5) is 12.4. The molecule has 0 aromatic rings. The second-order valence-electron chi connectivity index (χ2n) is 3.07. The van der Waals surface area contributed by atoms with E-state index in [9.17, 15) is 17.6 Å². The molecular formula is C7H8FNO4S2. The molecule has 0 N–H and O–H groups in total. The highest BCUT2D eigenvalue weighted by molar-refractivity contribution is 8.01. The van der Waals surface area contributed by atoms with E-state index in [1.807, 2.05) is 0 Å². The van der Waals surface area contributed by atoms with Crippen LogP contribution in [0.2, 0.25) is 0 Å². The van der Waals surface area contributed by atoms with Crippen LogP contribution in [0.3, 0.4) is 0 Å². The molecule has 0 bridgehead atoms. The number of hydrogen-bond donors (Lipinski definition) is 0. The van der Waals surface area contributed by atoms with Gasteiger partial charge in [-0.15, -0.1) is 0 Å². The maximum Gasteiger partial charge on any atom is 0.298 e. The molecule has 0 aromatic heterocycles. The van der Waals surface area contributed by atoms with E-state index in [1.54, 1.807) is 0 Å². The Balaban J connectivity index is 2.00. The molecule has 8 heteroatoms. The Bertz CT molecular complexity index is 407. The zero-order valence-corrected chi connectivity index (χ0v) is 9.13. The second-order valence-corrected chi connectivity index (χ2v) is 5.88.